The highest BCUT2D eigenvalue weighted by molar-refractivity contribution is 4.90. The molecule has 1 atom stereocenters. The van der Waals surface area contributed by atoms with E-state index < -0.39 is 0 Å². The molecule has 3 rings (SSSR count). The van der Waals surface area contributed by atoms with Crippen LogP contribution in [0, 0.1) is 5.92 Å². The molecule has 0 aromatic heterocycles. The van der Waals surface area contributed by atoms with Crippen LogP contribution in [0.15, 0.2) is 12.2 Å². The minimum absolute atomic E-state index is 0.913. The molecule has 2 fully saturated rings. The second-order valence-electron chi connectivity index (χ2n) is 8.19. The Morgan fingerprint density at radius 2 is 1.50 bits per heavy atom. The van der Waals surface area contributed by atoms with Crippen LogP contribution in [-0.4, -0.2) is 91.7 Å². The summed E-state index contributed by atoms with van der Waals surface area (Å²) in [5.41, 5.74) is 0. The molecule has 0 N–H and O–H groups in total. The van der Waals surface area contributed by atoms with Gasteiger partial charge in [0.05, 0.1) is 6.67 Å². The van der Waals surface area contributed by atoms with Gasteiger partial charge in [0.2, 0.25) is 0 Å². The molecule has 2 saturated heterocycles. The smallest absolute Gasteiger partial charge is 0.0507 e. The molecule has 138 valence electrons. The Bertz CT molecular complexity index is 384. The largest absolute Gasteiger partial charge is 0.303 e. The molecule has 3 aliphatic heterocycles. The van der Waals surface area contributed by atoms with E-state index >= 15 is 0 Å². The third-order valence-electron chi connectivity index (χ3n) is 5.91. The first-order valence-corrected chi connectivity index (χ1v) is 10.3. The van der Waals surface area contributed by atoms with Crippen LogP contribution in [0.25, 0.3) is 0 Å². The molecule has 0 spiro atoms. The minimum atomic E-state index is 0.913. The topological polar surface area (TPSA) is 13.0 Å². The molecule has 4 nitrogen and oxygen atoms in total. The van der Waals surface area contributed by atoms with E-state index in [1.807, 2.05) is 0 Å². The van der Waals surface area contributed by atoms with Gasteiger partial charge in [0.1, 0.15) is 0 Å². The van der Waals surface area contributed by atoms with Gasteiger partial charge in [-0.3, -0.25) is 14.7 Å². The molecule has 3 heterocycles. The summed E-state index contributed by atoms with van der Waals surface area (Å²) in [4.78, 5) is 10.6. The van der Waals surface area contributed by atoms with E-state index in [1.54, 1.807) is 0 Å². The normalized spacial score (nSPS) is 28.0. The fraction of sp³-hybridized carbons (Fsp3) is 0.900. The maximum absolute atomic E-state index is 2.69. The summed E-state index contributed by atoms with van der Waals surface area (Å²) in [7, 11) is 0. The molecule has 0 aliphatic carbocycles. The summed E-state index contributed by atoms with van der Waals surface area (Å²) in [5.74, 6) is 0.913. The maximum Gasteiger partial charge on any atom is 0.0507 e. The van der Waals surface area contributed by atoms with Crippen molar-refractivity contribution >= 4 is 0 Å². The molecule has 0 saturated carbocycles. The Morgan fingerprint density at radius 1 is 0.792 bits per heavy atom. The van der Waals surface area contributed by atoms with Crippen LogP contribution >= 0.6 is 0 Å². The van der Waals surface area contributed by atoms with Crippen LogP contribution < -0.4 is 0 Å². The summed E-state index contributed by atoms with van der Waals surface area (Å²) in [6.45, 7) is 16.4. The highest BCUT2D eigenvalue weighted by Gasteiger charge is 2.20. The quantitative estimate of drug-likeness (QED) is 0.632. The van der Waals surface area contributed by atoms with Crippen molar-refractivity contribution in [3.05, 3.63) is 12.2 Å². The van der Waals surface area contributed by atoms with E-state index in [2.05, 4.69) is 38.7 Å². The minimum Gasteiger partial charge on any atom is -0.303 e. The van der Waals surface area contributed by atoms with E-state index in [0.717, 1.165) is 5.92 Å². The van der Waals surface area contributed by atoms with Gasteiger partial charge in [0.25, 0.3) is 0 Å². The molecule has 0 aromatic carbocycles. The molecule has 24 heavy (non-hydrogen) atoms. The molecule has 0 radical (unpaired) electrons. The summed E-state index contributed by atoms with van der Waals surface area (Å²) < 4.78 is 0. The van der Waals surface area contributed by atoms with Gasteiger partial charge in [0, 0.05) is 45.8 Å². The lowest BCUT2D eigenvalue weighted by Crippen LogP contribution is -2.36. The Morgan fingerprint density at radius 3 is 2.17 bits per heavy atom. The van der Waals surface area contributed by atoms with Gasteiger partial charge in [0.15, 0.2) is 0 Å². The fourth-order valence-electron chi connectivity index (χ4n) is 4.49. The molecule has 4 heteroatoms. The third kappa shape index (κ3) is 6.14. The average Bonchev–Trinajstić information content (AvgIpc) is 3.04. The van der Waals surface area contributed by atoms with Crippen LogP contribution in [0.4, 0.5) is 0 Å². The average molecular weight is 335 g/mol. The van der Waals surface area contributed by atoms with Crippen molar-refractivity contribution in [2.75, 3.05) is 72.1 Å². The van der Waals surface area contributed by atoms with E-state index in [4.69, 9.17) is 0 Å². The number of hydrogen-bond donors (Lipinski definition) is 0. The Hall–Kier alpha value is -0.420. The highest BCUT2D eigenvalue weighted by atomic mass is 15.4. The Labute approximate surface area is 149 Å². The predicted molar refractivity (Wildman–Crippen MR) is 102 cm³/mol. The van der Waals surface area contributed by atoms with Crippen molar-refractivity contribution in [2.24, 2.45) is 5.92 Å². The van der Waals surface area contributed by atoms with Gasteiger partial charge in [-0.05, 0) is 57.7 Å². The lowest BCUT2D eigenvalue weighted by molar-refractivity contribution is 0.169. The predicted octanol–water partition coefficient (Wildman–Crippen LogP) is 2.34. The summed E-state index contributed by atoms with van der Waals surface area (Å²) in [6.07, 6.45) is 11.4. The van der Waals surface area contributed by atoms with Gasteiger partial charge in [-0.25, -0.2) is 0 Å². The first-order valence-electron chi connectivity index (χ1n) is 10.3. The van der Waals surface area contributed by atoms with Gasteiger partial charge in [-0.15, -0.1) is 0 Å². The van der Waals surface area contributed by atoms with Crippen molar-refractivity contribution < 1.29 is 0 Å². The SMILES string of the molecule is CC1CCCN(CCCN2CCN(CCCN3CC=CCC3)C2)C1. The molecular weight excluding hydrogens is 296 g/mol. The van der Waals surface area contributed by atoms with Crippen LogP contribution in [0.3, 0.4) is 0 Å². The first kappa shape index (κ1) is 18.4. The van der Waals surface area contributed by atoms with Crippen LogP contribution in [-0.2, 0) is 0 Å². The van der Waals surface area contributed by atoms with Crippen molar-refractivity contribution in [3.63, 3.8) is 0 Å². The second kappa shape index (κ2) is 9.91. The van der Waals surface area contributed by atoms with Crippen molar-refractivity contribution in [1.82, 2.24) is 19.6 Å². The summed E-state index contributed by atoms with van der Waals surface area (Å²) in [6, 6.07) is 0. The molecule has 0 aromatic rings. The van der Waals surface area contributed by atoms with Crippen molar-refractivity contribution in [1.29, 1.82) is 0 Å². The molecule has 3 aliphatic rings. The monoisotopic (exact) mass is 334 g/mol. The number of piperidine rings is 1. The third-order valence-corrected chi connectivity index (χ3v) is 5.91. The van der Waals surface area contributed by atoms with Crippen LogP contribution in [0.5, 0.6) is 0 Å². The van der Waals surface area contributed by atoms with Gasteiger partial charge in [-0.2, -0.15) is 0 Å². The zero-order valence-electron chi connectivity index (χ0n) is 15.8. The first-order chi connectivity index (χ1) is 11.8. The van der Waals surface area contributed by atoms with Crippen molar-refractivity contribution in [3.8, 4) is 0 Å². The highest BCUT2D eigenvalue weighted by Crippen LogP contribution is 2.16. The second-order valence-corrected chi connectivity index (χ2v) is 8.19. The van der Waals surface area contributed by atoms with Crippen LogP contribution in [0.2, 0.25) is 0 Å². The number of likely N-dealkylation sites (tertiary alicyclic amines) is 1. The van der Waals surface area contributed by atoms with Crippen molar-refractivity contribution in [2.45, 2.75) is 39.0 Å². The van der Waals surface area contributed by atoms with E-state index in [-0.39, 0.29) is 0 Å². The number of rotatable bonds is 8. The lowest BCUT2D eigenvalue weighted by Gasteiger charge is -2.31. The lowest BCUT2D eigenvalue weighted by atomic mass is 10.0. The summed E-state index contributed by atoms with van der Waals surface area (Å²) >= 11 is 0. The van der Waals surface area contributed by atoms with Crippen LogP contribution in [0.1, 0.15) is 39.0 Å². The zero-order valence-corrected chi connectivity index (χ0v) is 15.8. The Balaban J connectivity index is 1.22. The standard InChI is InChI=1S/C20H38N4/c1-20-8-5-11-22(18-20)13-7-15-24-17-16-23(19-24)14-6-12-21-9-3-2-4-10-21/h2-3,20H,4-19H2,1H3. The van der Waals surface area contributed by atoms with Gasteiger partial charge >= 0.3 is 0 Å². The van der Waals surface area contributed by atoms with E-state index in [0.29, 0.717) is 0 Å². The number of nitrogens with zero attached hydrogens (tertiary/aromatic N) is 4. The fourth-order valence-corrected chi connectivity index (χ4v) is 4.49. The zero-order chi connectivity index (χ0) is 16.6. The number of hydrogen-bond acceptors (Lipinski definition) is 4. The van der Waals surface area contributed by atoms with Gasteiger partial charge in [-0.1, -0.05) is 19.1 Å². The molecule has 0 amide bonds. The Kier molecular flexibility index (Phi) is 7.58. The van der Waals surface area contributed by atoms with E-state index in [9.17, 15) is 0 Å². The van der Waals surface area contributed by atoms with E-state index in [1.165, 1.54) is 104 Å². The molecule has 0 bridgehead atoms. The molecular formula is C20H38N4. The molecule has 1 unspecified atom stereocenters. The van der Waals surface area contributed by atoms with Gasteiger partial charge < -0.3 is 4.90 Å². The summed E-state index contributed by atoms with van der Waals surface area (Å²) in [5, 5.41) is 0. The maximum atomic E-state index is 2.69.